The summed E-state index contributed by atoms with van der Waals surface area (Å²) in [5.41, 5.74) is 2.14. The highest BCUT2D eigenvalue weighted by Gasteiger charge is 2.12. The zero-order chi connectivity index (χ0) is 13.8. The molecule has 2 aromatic rings. The number of rotatable bonds is 4. The average molecular weight is 387 g/mol. The highest BCUT2D eigenvalue weighted by atomic mass is 79.9. The van der Waals surface area contributed by atoms with Gasteiger partial charge in [0.05, 0.1) is 0 Å². The number of halogens is 3. The van der Waals surface area contributed by atoms with Crippen molar-refractivity contribution in [2.24, 2.45) is 0 Å². The van der Waals surface area contributed by atoms with E-state index in [0.29, 0.717) is 0 Å². The summed E-state index contributed by atoms with van der Waals surface area (Å²) >= 11 is 6.80. The first-order chi connectivity index (χ1) is 9.08. The predicted octanol–water partition coefficient (Wildman–Crippen LogP) is 4.85. The van der Waals surface area contributed by atoms with Gasteiger partial charge in [-0.15, -0.1) is 0 Å². The second kappa shape index (κ2) is 6.64. The quantitative estimate of drug-likeness (QED) is 0.791. The molecule has 0 fully saturated rings. The topological polar surface area (TPSA) is 12.0 Å². The summed E-state index contributed by atoms with van der Waals surface area (Å²) in [6, 6.07) is 13.2. The van der Waals surface area contributed by atoms with Gasteiger partial charge in [0, 0.05) is 15.0 Å². The summed E-state index contributed by atoms with van der Waals surface area (Å²) < 4.78 is 15.3. The van der Waals surface area contributed by atoms with Crippen LogP contribution < -0.4 is 5.32 Å². The zero-order valence-corrected chi connectivity index (χ0v) is 13.6. The van der Waals surface area contributed by atoms with Crippen molar-refractivity contribution in [2.45, 2.75) is 12.5 Å². The zero-order valence-electron chi connectivity index (χ0n) is 10.5. The minimum atomic E-state index is -0.223. The Labute approximate surface area is 129 Å². The molecule has 19 heavy (non-hydrogen) atoms. The molecule has 2 aromatic carbocycles. The van der Waals surface area contributed by atoms with Crippen LogP contribution >= 0.6 is 31.9 Å². The van der Waals surface area contributed by atoms with E-state index in [-0.39, 0.29) is 11.9 Å². The molecule has 0 saturated heterocycles. The number of nitrogens with one attached hydrogen (secondary N) is 1. The van der Waals surface area contributed by atoms with Crippen molar-refractivity contribution in [1.29, 1.82) is 0 Å². The third-order valence-corrected chi connectivity index (χ3v) is 3.92. The number of benzene rings is 2. The fourth-order valence-corrected chi connectivity index (χ4v) is 2.99. The highest BCUT2D eigenvalue weighted by Crippen LogP contribution is 2.24. The lowest BCUT2D eigenvalue weighted by atomic mass is 9.99. The number of likely N-dealkylation sites (N-methyl/N-ethyl adjacent to an activating group) is 1. The van der Waals surface area contributed by atoms with Crippen LogP contribution in [0.1, 0.15) is 17.2 Å². The Morgan fingerprint density at radius 1 is 1.11 bits per heavy atom. The largest absolute Gasteiger partial charge is 0.313 e. The summed E-state index contributed by atoms with van der Waals surface area (Å²) in [7, 11) is 1.89. The lowest BCUT2D eigenvalue weighted by Gasteiger charge is -2.17. The van der Waals surface area contributed by atoms with Gasteiger partial charge in [-0.1, -0.05) is 44.0 Å². The molecule has 0 aliphatic heterocycles. The average Bonchev–Trinajstić information content (AvgIpc) is 2.34. The Bertz CT molecular complexity index is 552. The molecule has 0 aliphatic carbocycles. The molecule has 0 saturated carbocycles. The first kappa shape index (κ1) is 14.7. The van der Waals surface area contributed by atoms with E-state index in [1.165, 1.54) is 11.6 Å². The fourth-order valence-electron chi connectivity index (χ4n) is 2.06. The Kier molecular flexibility index (Phi) is 5.13. The second-order valence-electron chi connectivity index (χ2n) is 4.38. The summed E-state index contributed by atoms with van der Waals surface area (Å²) in [6.45, 7) is 0. The van der Waals surface area contributed by atoms with Crippen molar-refractivity contribution < 1.29 is 4.39 Å². The van der Waals surface area contributed by atoms with Crippen molar-refractivity contribution in [3.05, 3.63) is 68.4 Å². The van der Waals surface area contributed by atoms with Gasteiger partial charge in [-0.05, 0) is 54.9 Å². The summed E-state index contributed by atoms with van der Waals surface area (Å²) in [6.07, 6.45) is 0.811. The van der Waals surface area contributed by atoms with Crippen LogP contribution in [0.4, 0.5) is 4.39 Å². The van der Waals surface area contributed by atoms with Crippen LogP contribution in [0.2, 0.25) is 0 Å². The Morgan fingerprint density at radius 3 is 2.53 bits per heavy atom. The van der Waals surface area contributed by atoms with Crippen molar-refractivity contribution in [3.63, 3.8) is 0 Å². The van der Waals surface area contributed by atoms with Gasteiger partial charge in [-0.2, -0.15) is 0 Å². The standard InChI is InChI=1S/C15H14Br2FN/c1-19-15(6-10-3-2-4-12(16)5-10)11-7-13(17)9-14(18)8-11/h2-5,7-9,15,19H,6H2,1H3. The van der Waals surface area contributed by atoms with Crippen molar-refractivity contribution in [1.82, 2.24) is 5.32 Å². The van der Waals surface area contributed by atoms with E-state index in [9.17, 15) is 4.39 Å². The van der Waals surface area contributed by atoms with Gasteiger partial charge in [0.25, 0.3) is 0 Å². The second-order valence-corrected chi connectivity index (χ2v) is 6.21. The lowest BCUT2D eigenvalue weighted by Crippen LogP contribution is -2.19. The van der Waals surface area contributed by atoms with Gasteiger partial charge in [-0.3, -0.25) is 0 Å². The van der Waals surface area contributed by atoms with E-state index in [1.54, 1.807) is 6.07 Å². The van der Waals surface area contributed by atoms with Crippen molar-refractivity contribution in [3.8, 4) is 0 Å². The summed E-state index contributed by atoms with van der Waals surface area (Å²) in [5.74, 6) is -0.223. The highest BCUT2D eigenvalue weighted by molar-refractivity contribution is 9.10. The molecule has 0 bridgehead atoms. The Balaban J connectivity index is 2.24. The van der Waals surface area contributed by atoms with Crippen LogP contribution in [0, 0.1) is 5.82 Å². The predicted molar refractivity (Wildman–Crippen MR) is 83.7 cm³/mol. The Hall–Kier alpha value is -0.710. The molecule has 2 rings (SSSR count). The van der Waals surface area contributed by atoms with Gasteiger partial charge in [0.15, 0.2) is 0 Å². The van der Waals surface area contributed by atoms with E-state index < -0.39 is 0 Å². The van der Waals surface area contributed by atoms with E-state index in [2.05, 4.69) is 49.3 Å². The minimum Gasteiger partial charge on any atom is -0.313 e. The molecular weight excluding hydrogens is 373 g/mol. The first-order valence-corrected chi connectivity index (χ1v) is 7.55. The fraction of sp³-hybridized carbons (Fsp3) is 0.200. The smallest absolute Gasteiger partial charge is 0.124 e. The van der Waals surface area contributed by atoms with E-state index in [0.717, 1.165) is 20.9 Å². The van der Waals surface area contributed by atoms with E-state index in [1.807, 2.05) is 25.2 Å². The normalized spacial score (nSPS) is 12.4. The van der Waals surface area contributed by atoms with Gasteiger partial charge < -0.3 is 5.32 Å². The van der Waals surface area contributed by atoms with Crippen molar-refractivity contribution >= 4 is 31.9 Å². The third kappa shape index (κ3) is 4.13. The SMILES string of the molecule is CNC(Cc1cccc(Br)c1)c1cc(F)cc(Br)c1. The molecule has 4 heteroatoms. The molecule has 0 radical (unpaired) electrons. The molecule has 1 N–H and O–H groups in total. The molecule has 0 aliphatic rings. The van der Waals surface area contributed by atoms with Crippen molar-refractivity contribution in [2.75, 3.05) is 7.05 Å². The first-order valence-electron chi connectivity index (χ1n) is 5.96. The van der Waals surface area contributed by atoms with Crippen LogP contribution in [0.3, 0.4) is 0 Å². The summed E-state index contributed by atoms with van der Waals surface area (Å²) in [4.78, 5) is 0. The maximum absolute atomic E-state index is 13.5. The van der Waals surface area contributed by atoms with E-state index >= 15 is 0 Å². The molecular formula is C15H14Br2FN. The van der Waals surface area contributed by atoms with Gasteiger partial charge >= 0.3 is 0 Å². The van der Waals surface area contributed by atoms with Crippen LogP contribution in [0.15, 0.2) is 51.4 Å². The molecule has 1 nitrogen and oxygen atoms in total. The van der Waals surface area contributed by atoms with Crippen LogP contribution in [-0.4, -0.2) is 7.05 Å². The molecule has 0 aromatic heterocycles. The van der Waals surface area contributed by atoms with Crippen LogP contribution in [0.5, 0.6) is 0 Å². The molecule has 1 unspecified atom stereocenters. The van der Waals surface area contributed by atoms with Gasteiger partial charge in [-0.25, -0.2) is 4.39 Å². The minimum absolute atomic E-state index is 0.0845. The van der Waals surface area contributed by atoms with E-state index in [4.69, 9.17) is 0 Å². The lowest BCUT2D eigenvalue weighted by molar-refractivity contribution is 0.576. The number of hydrogen-bond acceptors (Lipinski definition) is 1. The Morgan fingerprint density at radius 2 is 1.89 bits per heavy atom. The molecule has 100 valence electrons. The van der Waals surface area contributed by atoms with Crippen LogP contribution in [-0.2, 0) is 6.42 Å². The maximum atomic E-state index is 13.5. The summed E-state index contributed by atoms with van der Waals surface area (Å²) in [5, 5.41) is 3.24. The number of hydrogen-bond donors (Lipinski definition) is 1. The maximum Gasteiger partial charge on any atom is 0.124 e. The van der Waals surface area contributed by atoms with Gasteiger partial charge in [0.2, 0.25) is 0 Å². The monoisotopic (exact) mass is 385 g/mol. The van der Waals surface area contributed by atoms with Crippen LogP contribution in [0.25, 0.3) is 0 Å². The molecule has 1 atom stereocenters. The molecule has 0 heterocycles. The molecule has 0 spiro atoms. The third-order valence-electron chi connectivity index (χ3n) is 2.96. The molecule has 0 amide bonds. The van der Waals surface area contributed by atoms with Gasteiger partial charge in [0.1, 0.15) is 5.82 Å².